The first-order valence-corrected chi connectivity index (χ1v) is 16.5. The molecule has 7 heteroatoms. The fourth-order valence-corrected chi connectivity index (χ4v) is 9.69. The van der Waals surface area contributed by atoms with Crippen LogP contribution in [-0.4, -0.2) is 55.0 Å². The zero-order valence-electron chi connectivity index (χ0n) is 25.7. The van der Waals surface area contributed by atoms with E-state index in [-0.39, 0.29) is 29.6 Å². The van der Waals surface area contributed by atoms with Gasteiger partial charge in [0.2, 0.25) is 0 Å². The zero-order chi connectivity index (χ0) is 30.2. The van der Waals surface area contributed by atoms with Gasteiger partial charge in [-0.1, -0.05) is 78.9 Å². The summed E-state index contributed by atoms with van der Waals surface area (Å²) in [5.41, 5.74) is 3.45. The molecule has 1 N–H and O–H groups in total. The number of benzene rings is 3. The molecule has 1 amide bonds. The molecule has 0 aromatic heterocycles. The summed E-state index contributed by atoms with van der Waals surface area (Å²) < 4.78 is 25.9. The highest BCUT2D eigenvalue weighted by Crippen LogP contribution is 2.73. The van der Waals surface area contributed by atoms with Crippen molar-refractivity contribution < 1.29 is 23.7 Å². The van der Waals surface area contributed by atoms with E-state index in [0.717, 1.165) is 60.9 Å². The number of piperidine rings is 1. The van der Waals surface area contributed by atoms with Crippen molar-refractivity contribution in [3.63, 3.8) is 0 Å². The highest BCUT2D eigenvalue weighted by atomic mass is 16.6. The lowest BCUT2D eigenvalue weighted by Gasteiger charge is -2.71. The Morgan fingerprint density at radius 2 is 1.73 bits per heavy atom. The zero-order valence-corrected chi connectivity index (χ0v) is 25.7. The third-order valence-corrected chi connectivity index (χ3v) is 11.8. The predicted molar refractivity (Wildman–Crippen MR) is 169 cm³/mol. The van der Waals surface area contributed by atoms with E-state index < -0.39 is 11.7 Å². The van der Waals surface area contributed by atoms with E-state index in [1.807, 2.05) is 48.5 Å². The molecule has 10 rings (SSSR count). The number of likely N-dealkylation sites (tertiary alicyclic amines) is 1. The molecular weight excluding hydrogens is 564 g/mol. The largest absolute Gasteiger partial charge is 0.485 e. The smallest absolute Gasteiger partial charge is 0.407 e. The first-order valence-electron chi connectivity index (χ1n) is 16.5. The average Bonchev–Trinajstić information content (AvgIpc) is 3.82. The number of methoxy groups -OCH3 is 1. The SMILES string of the molecule is CO[C@]12C=C[C@@]3(CC1NC(=O)OCc1ccccc1)[C@H]1Cc4ccc(OCc5ccccc5)c5c4[C@@]3(CCN1CC1CC1)C2O5. The molecule has 4 bridgehead atoms. The van der Waals surface area contributed by atoms with Crippen LogP contribution < -0.4 is 14.8 Å². The van der Waals surface area contributed by atoms with Gasteiger partial charge >= 0.3 is 6.09 Å². The van der Waals surface area contributed by atoms with Gasteiger partial charge in [0.05, 0.1) is 11.5 Å². The molecule has 45 heavy (non-hydrogen) atoms. The number of carbonyl (C=O) groups excluding carboxylic acids is 1. The Morgan fingerprint density at radius 1 is 0.978 bits per heavy atom. The van der Waals surface area contributed by atoms with Crippen LogP contribution in [0, 0.1) is 11.3 Å². The normalized spacial score (nSPS) is 33.3. The molecule has 5 aliphatic carbocycles. The second kappa shape index (κ2) is 10.1. The Balaban J connectivity index is 1.10. The van der Waals surface area contributed by atoms with Crippen molar-refractivity contribution in [3.8, 4) is 11.5 Å². The predicted octanol–water partition coefficient (Wildman–Crippen LogP) is 5.94. The Hall–Kier alpha value is -3.81. The molecule has 2 heterocycles. The van der Waals surface area contributed by atoms with Gasteiger partial charge in [-0.25, -0.2) is 4.79 Å². The number of hydrogen-bond donors (Lipinski definition) is 1. The molecule has 7 nitrogen and oxygen atoms in total. The number of ether oxygens (including phenoxy) is 4. The third kappa shape index (κ3) is 3.93. The molecule has 1 saturated heterocycles. The molecule has 3 aromatic carbocycles. The Bertz CT molecular complexity index is 1660. The lowest BCUT2D eigenvalue weighted by molar-refractivity contribution is -0.201. The van der Waals surface area contributed by atoms with Crippen molar-refractivity contribution >= 4 is 6.09 Å². The molecule has 0 radical (unpaired) electrons. The molecule has 6 atom stereocenters. The molecule has 7 aliphatic rings. The summed E-state index contributed by atoms with van der Waals surface area (Å²) in [6.07, 6.45) is 9.34. The Kier molecular flexibility index (Phi) is 6.17. The van der Waals surface area contributed by atoms with E-state index >= 15 is 0 Å². The first-order chi connectivity index (χ1) is 22.1. The molecule has 2 spiro atoms. The van der Waals surface area contributed by atoms with E-state index in [2.05, 4.69) is 46.6 Å². The Morgan fingerprint density at radius 3 is 2.47 bits per heavy atom. The molecule has 2 saturated carbocycles. The fourth-order valence-electron chi connectivity index (χ4n) is 9.69. The van der Waals surface area contributed by atoms with Gasteiger partial charge in [0.25, 0.3) is 0 Å². The highest BCUT2D eigenvalue weighted by molar-refractivity contribution is 5.70. The van der Waals surface area contributed by atoms with Crippen LogP contribution in [0.25, 0.3) is 0 Å². The van der Waals surface area contributed by atoms with E-state index in [1.165, 1.54) is 24.0 Å². The number of nitrogens with zero attached hydrogens (tertiary/aromatic N) is 1. The van der Waals surface area contributed by atoms with Crippen LogP contribution in [0.15, 0.2) is 84.9 Å². The van der Waals surface area contributed by atoms with Crippen molar-refractivity contribution in [1.29, 1.82) is 0 Å². The van der Waals surface area contributed by atoms with Gasteiger partial charge in [0.15, 0.2) is 11.5 Å². The summed E-state index contributed by atoms with van der Waals surface area (Å²) in [6.45, 7) is 2.89. The number of hydrogen-bond acceptors (Lipinski definition) is 6. The monoisotopic (exact) mass is 604 g/mol. The summed E-state index contributed by atoms with van der Waals surface area (Å²) in [5.74, 6) is 2.45. The maximum Gasteiger partial charge on any atom is 0.407 e. The standard InChI is InChI=1S/C38H40N2O5/c1-42-38-17-16-36(21-30(38)39-35(41)44-24-27-10-6-3-7-11-27)31-20-28-14-15-29(43-23-26-8-4-2-5-9-26)33-32(28)37(36,34(38)45-33)18-19-40(31)22-25-12-13-25/h2-11,14-17,25,30-31,34H,12-13,18-24H2,1H3,(H,39,41)/t30?,31-,34?,36-,37+,38-/m1/s1. The van der Waals surface area contributed by atoms with Gasteiger partial charge in [0.1, 0.15) is 24.9 Å². The van der Waals surface area contributed by atoms with Crippen molar-refractivity contribution in [2.45, 2.75) is 74.5 Å². The minimum Gasteiger partial charge on any atom is -0.485 e. The van der Waals surface area contributed by atoms with Crippen LogP contribution >= 0.6 is 0 Å². The summed E-state index contributed by atoms with van der Waals surface area (Å²) >= 11 is 0. The van der Waals surface area contributed by atoms with Crippen molar-refractivity contribution in [2.24, 2.45) is 11.3 Å². The average molecular weight is 605 g/mol. The number of amides is 1. The van der Waals surface area contributed by atoms with Gasteiger partial charge < -0.3 is 24.3 Å². The van der Waals surface area contributed by atoms with Gasteiger partial charge in [-0.2, -0.15) is 0 Å². The molecule has 2 unspecified atom stereocenters. The molecule has 2 aliphatic heterocycles. The quantitative estimate of drug-likeness (QED) is 0.305. The van der Waals surface area contributed by atoms with Crippen LogP contribution in [0.1, 0.15) is 47.9 Å². The molecule has 3 fully saturated rings. The van der Waals surface area contributed by atoms with Gasteiger partial charge in [-0.05, 0) is 67.3 Å². The van der Waals surface area contributed by atoms with Crippen LogP contribution in [0.2, 0.25) is 0 Å². The molecule has 232 valence electrons. The summed E-state index contributed by atoms with van der Waals surface area (Å²) in [5, 5.41) is 3.28. The minimum absolute atomic E-state index is 0.210. The van der Waals surface area contributed by atoms with Crippen LogP contribution in [-0.2, 0) is 34.5 Å². The van der Waals surface area contributed by atoms with E-state index in [0.29, 0.717) is 12.6 Å². The van der Waals surface area contributed by atoms with Crippen LogP contribution in [0.5, 0.6) is 11.5 Å². The maximum absolute atomic E-state index is 13.4. The summed E-state index contributed by atoms with van der Waals surface area (Å²) in [4.78, 5) is 16.2. The van der Waals surface area contributed by atoms with Crippen molar-refractivity contribution in [3.05, 3.63) is 107 Å². The number of carbonyl (C=O) groups is 1. The Labute approximate surface area is 264 Å². The first kappa shape index (κ1) is 27.5. The van der Waals surface area contributed by atoms with Crippen LogP contribution in [0.3, 0.4) is 0 Å². The lowest BCUT2D eigenvalue weighted by Crippen LogP contribution is -2.82. The number of nitrogens with one attached hydrogen (secondary N) is 1. The minimum atomic E-state index is -0.846. The summed E-state index contributed by atoms with van der Waals surface area (Å²) in [7, 11) is 1.76. The highest BCUT2D eigenvalue weighted by Gasteiger charge is 2.79. The van der Waals surface area contributed by atoms with Gasteiger partial charge in [0, 0.05) is 30.7 Å². The summed E-state index contributed by atoms with van der Waals surface area (Å²) in [6, 6.07) is 24.5. The number of fused-ring (bicyclic) bond motifs is 1. The second-order valence-electron chi connectivity index (χ2n) is 14.0. The van der Waals surface area contributed by atoms with E-state index in [1.54, 1.807) is 7.11 Å². The maximum atomic E-state index is 13.4. The molecule has 3 aromatic rings. The fraction of sp³-hybridized carbons (Fsp3) is 0.447. The topological polar surface area (TPSA) is 69.3 Å². The van der Waals surface area contributed by atoms with E-state index in [9.17, 15) is 4.79 Å². The molecular formula is C38H40N2O5. The van der Waals surface area contributed by atoms with Crippen LogP contribution in [0.4, 0.5) is 4.79 Å². The van der Waals surface area contributed by atoms with Gasteiger partial charge in [-0.15, -0.1) is 0 Å². The van der Waals surface area contributed by atoms with Crippen molar-refractivity contribution in [2.75, 3.05) is 20.2 Å². The second-order valence-corrected chi connectivity index (χ2v) is 14.0. The number of alkyl carbamates (subject to hydrolysis) is 1. The lowest BCUT2D eigenvalue weighted by atomic mass is 9.38. The third-order valence-electron chi connectivity index (χ3n) is 11.8. The number of rotatable bonds is 9. The van der Waals surface area contributed by atoms with E-state index in [4.69, 9.17) is 18.9 Å². The van der Waals surface area contributed by atoms with Gasteiger partial charge in [-0.3, -0.25) is 4.90 Å². The van der Waals surface area contributed by atoms with Crippen molar-refractivity contribution in [1.82, 2.24) is 10.2 Å².